The van der Waals surface area contributed by atoms with E-state index < -0.39 is 38.8 Å². The molecule has 0 radical (unpaired) electrons. The van der Waals surface area contributed by atoms with Crippen LogP contribution in [0.25, 0.3) is 0 Å². The van der Waals surface area contributed by atoms with Crippen molar-refractivity contribution in [2.24, 2.45) is 0 Å². The zero-order valence-electron chi connectivity index (χ0n) is 19.8. The van der Waals surface area contributed by atoms with Crippen molar-refractivity contribution in [1.29, 1.82) is 0 Å². The number of carbonyl (C=O) groups is 1. The van der Waals surface area contributed by atoms with Gasteiger partial charge in [0, 0.05) is 11.4 Å². The molecule has 3 aromatic rings. The highest BCUT2D eigenvalue weighted by Crippen LogP contribution is 2.36. The minimum atomic E-state index is -4.74. The first kappa shape index (κ1) is 27.3. The molecule has 192 valence electrons. The minimum Gasteiger partial charge on any atom is -0.481 e. The molecule has 1 amide bonds. The van der Waals surface area contributed by atoms with Crippen molar-refractivity contribution in [3.63, 3.8) is 0 Å². The number of hydrogen-bond acceptors (Lipinski definition) is 4. The molecule has 3 aromatic carbocycles. The van der Waals surface area contributed by atoms with Gasteiger partial charge in [0.05, 0.1) is 15.5 Å². The third kappa shape index (κ3) is 6.50. The lowest BCUT2D eigenvalue weighted by molar-refractivity contribution is -0.137. The molecule has 0 saturated carbocycles. The number of benzene rings is 3. The van der Waals surface area contributed by atoms with Crippen LogP contribution < -0.4 is 14.8 Å². The molecule has 0 saturated heterocycles. The van der Waals surface area contributed by atoms with Crippen LogP contribution in [0.15, 0.2) is 59.5 Å². The Hall–Kier alpha value is -3.24. The molecule has 0 aliphatic rings. The summed E-state index contributed by atoms with van der Waals surface area (Å²) in [7, 11) is -4.20. The number of anilines is 2. The van der Waals surface area contributed by atoms with Crippen LogP contribution in [0.4, 0.5) is 24.5 Å². The lowest BCUT2D eigenvalue weighted by atomic mass is 10.1. The van der Waals surface area contributed by atoms with Crippen LogP contribution in [-0.4, -0.2) is 20.4 Å². The quantitative estimate of drug-likeness (QED) is 0.359. The van der Waals surface area contributed by atoms with Gasteiger partial charge in [-0.25, -0.2) is 8.42 Å². The fourth-order valence-electron chi connectivity index (χ4n) is 3.35. The molecule has 0 spiro atoms. The fourth-order valence-corrected chi connectivity index (χ4v) is 4.62. The van der Waals surface area contributed by atoms with Gasteiger partial charge in [0.1, 0.15) is 5.75 Å². The van der Waals surface area contributed by atoms with Crippen LogP contribution in [0.3, 0.4) is 0 Å². The second kappa shape index (κ2) is 10.4. The van der Waals surface area contributed by atoms with Crippen LogP contribution in [0.5, 0.6) is 5.75 Å². The zero-order chi connectivity index (χ0) is 26.8. The molecule has 1 atom stereocenters. The van der Waals surface area contributed by atoms with Gasteiger partial charge in [0.15, 0.2) is 6.10 Å². The van der Waals surface area contributed by atoms with Gasteiger partial charge < -0.3 is 10.1 Å². The predicted molar refractivity (Wildman–Crippen MR) is 133 cm³/mol. The van der Waals surface area contributed by atoms with Gasteiger partial charge >= 0.3 is 6.18 Å². The molecule has 2 N–H and O–H groups in total. The molecule has 0 aliphatic heterocycles. The Bertz CT molecular complexity index is 1390. The smallest absolute Gasteiger partial charge is 0.417 e. The third-order valence-electron chi connectivity index (χ3n) is 5.39. The number of sulfonamides is 1. The van der Waals surface area contributed by atoms with Gasteiger partial charge in [-0.1, -0.05) is 17.7 Å². The van der Waals surface area contributed by atoms with Crippen molar-refractivity contribution >= 4 is 38.9 Å². The van der Waals surface area contributed by atoms with Gasteiger partial charge in [-0.05, 0) is 92.9 Å². The van der Waals surface area contributed by atoms with E-state index in [0.717, 1.165) is 28.8 Å². The summed E-state index contributed by atoms with van der Waals surface area (Å²) in [6, 6.07) is 11.7. The van der Waals surface area contributed by atoms with E-state index in [9.17, 15) is 26.4 Å². The Kier molecular flexibility index (Phi) is 7.90. The lowest BCUT2D eigenvalue weighted by Gasteiger charge is -2.18. The predicted octanol–water partition coefficient (Wildman–Crippen LogP) is 6.49. The van der Waals surface area contributed by atoms with Gasteiger partial charge in [-0.3, -0.25) is 9.52 Å². The SMILES string of the molecule is Cc1cc(C)c(C)c(O[C@H](C)C(=O)Nc2ccc(S(=O)(=O)Nc3ccc(Cl)c(C(F)(F)F)c3)cc2)c1. The number of halogens is 4. The summed E-state index contributed by atoms with van der Waals surface area (Å²) in [5.41, 5.74) is 1.82. The largest absolute Gasteiger partial charge is 0.481 e. The summed E-state index contributed by atoms with van der Waals surface area (Å²) < 4.78 is 72.4. The average molecular weight is 541 g/mol. The van der Waals surface area contributed by atoms with E-state index in [4.69, 9.17) is 16.3 Å². The second-order valence-electron chi connectivity index (χ2n) is 8.28. The maximum Gasteiger partial charge on any atom is 0.417 e. The van der Waals surface area contributed by atoms with Crippen molar-refractivity contribution in [2.75, 3.05) is 10.0 Å². The Morgan fingerprint density at radius 2 is 1.58 bits per heavy atom. The van der Waals surface area contributed by atoms with E-state index in [1.165, 1.54) is 24.3 Å². The lowest BCUT2D eigenvalue weighted by Crippen LogP contribution is -2.30. The Labute approximate surface area is 212 Å². The number of hydrogen-bond donors (Lipinski definition) is 2. The van der Waals surface area contributed by atoms with Crippen molar-refractivity contribution in [3.05, 3.63) is 81.9 Å². The van der Waals surface area contributed by atoms with E-state index in [-0.39, 0.29) is 10.6 Å². The maximum atomic E-state index is 13.1. The average Bonchev–Trinajstić information content (AvgIpc) is 2.77. The summed E-state index contributed by atoms with van der Waals surface area (Å²) in [5, 5.41) is 2.11. The summed E-state index contributed by atoms with van der Waals surface area (Å²) in [4.78, 5) is 12.4. The molecular formula is C25H24ClF3N2O4S. The highest BCUT2D eigenvalue weighted by molar-refractivity contribution is 7.92. The third-order valence-corrected chi connectivity index (χ3v) is 7.12. The number of ether oxygens (including phenoxy) is 1. The number of carbonyl (C=O) groups excluding carboxylic acids is 1. The summed E-state index contributed by atoms with van der Waals surface area (Å²) in [6.45, 7) is 7.37. The molecular weight excluding hydrogens is 517 g/mol. The molecule has 6 nitrogen and oxygen atoms in total. The van der Waals surface area contributed by atoms with Crippen LogP contribution in [0.1, 0.15) is 29.2 Å². The van der Waals surface area contributed by atoms with Crippen LogP contribution in [0, 0.1) is 20.8 Å². The maximum absolute atomic E-state index is 13.1. The first-order chi connectivity index (χ1) is 16.7. The highest BCUT2D eigenvalue weighted by Gasteiger charge is 2.33. The zero-order valence-corrected chi connectivity index (χ0v) is 21.4. The van der Waals surface area contributed by atoms with Gasteiger partial charge in [-0.2, -0.15) is 13.2 Å². The monoisotopic (exact) mass is 540 g/mol. The van der Waals surface area contributed by atoms with E-state index in [1.807, 2.05) is 32.9 Å². The fraction of sp³-hybridized carbons (Fsp3) is 0.240. The Morgan fingerprint density at radius 3 is 2.19 bits per heavy atom. The minimum absolute atomic E-state index is 0.209. The molecule has 0 aliphatic carbocycles. The second-order valence-corrected chi connectivity index (χ2v) is 10.4. The van der Waals surface area contributed by atoms with Crippen molar-refractivity contribution in [1.82, 2.24) is 0 Å². The Morgan fingerprint density at radius 1 is 0.972 bits per heavy atom. The molecule has 36 heavy (non-hydrogen) atoms. The number of rotatable bonds is 7. The number of amides is 1. The van der Waals surface area contributed by atoms with Crippen LogP contribution in [-0.2, 0) is 21.0 Å². The summed E-state index contributed by atoms with van der Waals surface area (Å²) >= 11 is 5.58. The first-order valence-corrected chi connectivity index (χ1v) is 12.6. The standard InChI is InChI=1S/C25H24ClF3N2O4S/c1-14-11-15(2)16(3)23(12-14)35-17(4)24(32)30-18-5-8-20(9-6-18)36(33,34)31-19-7-10-22(26)21(13-19)25(27,28)29/h5-13,17,31H,1-4H3,(H,30,32)/t17-/m1/s1. The molecule has 0 unspecified atom stereocenters. The normalized spacial score (nSPS) is 12.7. The summed E-state index contributed by atoms with van der Waals surface area (Å²) in [5.74, 6) is 0.154. The topological polar surface area (TPSA) is 84.5 Å². The van der Waals surface area contributed by atoms with Crippen LogP contribution in [0.2, 0.25) is 5.02 Å². The van der Waals surface area contributed by atoms with Crippen molar-refractivity contribution < 1.29 is 31.1 Å². The number of aryl methyl sites for hydroxylation is 2. The van der Waals surface area contributed by atoms with Crippen LogP contribution >= 0.6 is 11.6 Å². The van der Waals surface area contributed by atoms with E-state index >= 15 is 0 Å². The molecule has 0 fully saturated rings. The van der Waals surface area contributed by atoms with Crippen molar-refractivity contribution in [3.8, 4) is 5.75 Å². The van der Waals surface area contributed by atoms with Crippen molar-refractivity contribution in [2.45, 2.75) is 44.9 Å². The first-order valence-electron chi connectivity index (χ1n) is 10.7. The molecule has 11 heteroatoms. The van der Waals surface area contributed by atoms with E-state index in [1.54, 1.807) is 6.92 Å². The van der Waals surface area contributed by atoms with Gasteiger partial charge in [0.25, 0.3) is 15.9 Å². The van der Waals surface area contributed by atoms with Gasteiger partial charge in [0.2, 0.25) is 0 Å². The Balaban J connectivity index is 1.69. The molecule has 0 bridgehead atoms. The summed E-state index contributed by atoms with van der Waals surface area (Å²) in [6.07, 6.45) is -5.57. The molecule has 3 rings (SSSR count). The molecule has 0 aromatic heterocycles. The number of alkyl halides is 3. The van der Waals surface area contributed by atoms with E-state index in [2.05, 4.69) is 10.0 Å². The van der Waals surface area contributed by atoms with Gasteiger partial charge in [-0.15, -0.1) is 0 Å². The highest BCUT2D eigenvalue weighted by atomic mass is 35.5. The number of nitrogens with one attached hydrogen (secondary N) is 2. The molecule has 0 heterocycles. The van der Waals surface area contributed by atoms with E-state index in [0.29, 0.717) is 17.5 Å².